The van der Waals surface area contributed by atoms with E-state index < -0.39 is 4.32 Å². The van der Waals surface area contributed by atoms with Crippen molar-refractivity contribution in [3.05, 3.63) is 29.3 Å². The third-order valence-electron chi connectivity index (χ3n) is 2.09. The van der Waals surface area contributed by atoms with E-state index in [0.29, 0.717) is 5.75 Å². The largest absolute Gasteiger partial charge is 0.425 e. The third kappa shape index (κ3) is 3.06. The first-order valence-electron chi connectivity index (χ1n) is 4.80. The lowest BCUT2D eigenvalue weighted by Gasteiger charge is -2.17. The Hall–Kier alpha value is -0.830. The first-order chi connectivity index (χ1) is 6.82. The molecule has 0 spiro atoms. The third-order valence-corrected chi connectivity index (χ3v) is 2.41. The molecular formula is C12H15BrO2. The fraction of sp³-hybridized carbons (Fsp3) is 0.417. The second-order valence-corrected chi connectivity index (χ2v) is 6.07. The molecule has 0 radical (unpaired) electrons. The number of halogens is 1. The van der Waals surface area contributed by atoms with Crippen molar-refractivity contribution in [1.29, 1.82) is 0 Å². The molecule has 0 amide bonds. The number of aryl methyl sites for hydroxylation is 2. The highest BCUT2D eigenvalue weighted by molar-refractivity contribution is 9.10. The highest BCUT2D eigenvalue weighted by atomic mass is 79.9. The first-order valence-corrected chi connectivity index (χ1v) is 5.59. The normalized spacial score (nSPS) is 11.3. The van der Waals surface area contributed by atoms with Crippen LogP contribution in [-0.2, 0) is 4.79 Å². The molecule has 0 heterocycles. The Morgan fingerprint density at radius 1 is 1.27 bits per heavy atom. The summed E-state index contributed by atoms with van der Waals surface area (Å²) in [5, 5.41) is 0. The second-order valence-electron chi connectivity index (χ2n) is 4.08. The molecule has 0 fully saturated rings. The minimum absolute atomic E-state index is 0.278. The maximum Gasteiger partial charge on any atom is 0.327 e. The summed E-state index contributed by atoms with van der Waals surface area (Å²) in [7, 11) is 0. The second kappa shape index (κ2) is 4.35. The quantitative estimate of drug-likeness (QED) is 0.468. The van der Waals surface area contributed by atoms with Gasteiger partial charge in [-0.1, -0.05) is 34.1 Å². The Morgan fingerprint density at radius 3 is 2.13 bits per heavy atom. The van der Waals surface area contributed by atoms with Crippen LogP contribution in [-0.4, -0.2) is 10.3 Å². The molecule has 0 aliphatic carbocycles. The monoisotopic (exact) mass is 270 g/mol. The van der Waals surface area contributed by atoms with Crippen molar-refractivity contribution in [2.45, 2.75) is 32.0 Å². The summed E-state index contributed by atoms with van der Waals surface area (Å²) in [5.74, 6) is 0.384. The molecule has 15 heavy (non-hydrogen) atoms. The number of benzene rings is 1. The number of ether oxygens (including phenoxy) is 1. The van der Waals surface area contributed by atoms with Crippen LogP contribution >= 0.6 is 15.9 Å². The van der Waals surface area contributed by atoms with Crippen molar-refractivity contribution in [3.8, 4) is 5.75 Å². The van der Waals surface area contributed by atoms with E-state index >= 15 is 0 Å². The van der Waals surface area contributed by atoms with Gasteiger partial charge in [-0.2, -0.15) is 0 Å². The van der Waals surface area contributed by atoms with E-state index in [1.807, 2.05) is 32.0 Å². The fourth-order valence-corrected chi connectivity index (χ4v) is 1.26. The van der Waals surface area contributed by atoms with E-state index in [2.05, 4.69) is 15.9 Å². The molecule has 0 aliphatic heterocycles. The molecule has 1 aromatic carbocycles. The predicted octanol–water partition coefficient (Wildman–Crippen LogP) is 3.38. The summed E-state index contributed by atoms with van der Waals surface area (Å²) >= 11 is 3.28. The van der Waals surface area contributed by atoms with Crippen LogP contribution in [0.2, 0.25) is 0 Å². The van der Waals surface area contributed by atoms with Gasteiger partial charge in [-0.05, 0) is 38.8 Å². The van der Waals surface area contributed by atoms with Crippen LogP contribution in [0, 0.1) is 13.8 Å². The lowest BCUT2D eigenvalue weighted by Crippen LogP contribution is -2.29. The smallest absolute Gasteiger partial charge is 0.327 e. The van der Waals surface area contributed by atoms with Crippen LogP contribution in [0.3, 0.4) is 0 Å². The Bertz CT molecular complexity index is 357. The zero-order chi connectivity index (χ0) is 11.6. The molecule has 0 N–H and O–H groups in total. The molecule has 82 valence electrons. The minimum Gasteiger partial charge on any atom is -0.425 e. The van der Waals surface area contributed by atoms with Crippen LogP contribution < -0.4 is 4.74 Å². The van der Waals surface area contributed by atoms with Gasteiger partial charge in [-0.25, -0.2) is 0 Å². The zero-order valence-electron chi connectivity index (χ0n) is 9.43. The van der Waals surface area contributed by atoms with Crippen molar-refractivity contribution in [1.82, 2.24) is 0 Å². The van der Waals surface area contributed by atoms with Crippen LogP contribution in [0.5, 0.6) is 5.75 Å². The Morgan fingerprint density at radius 2 is 1.73 bits per heavy atom. The lowest BCUT2D eigenvalue weighted by atomic mass is 10.1. The van der Waals surface area contributed by atoms with E-state index in [1.54, 1.807) is 13.8 Å². The summed E-state index contributed by atoms with van der Waals surface area (Å²) in [6.45, 7) is 7.39. The fourth-order valence-electron chi connectivity index (χ4n) is 1.17. The van der Waals surface area contributed by atoms with Crippen molar-refractivity contribution in [3.63, 3.8) is 0 Å². The molecule has 0 saturated carbocycles. The maximum atomic E-state index is 11.7. The molecular weight excluding hydrogens is 256 g/mol. The molecule has 2 nitrogen and oxygen atoms in total. The number of carbonyl (C=O) groups excluding carboxylic acids is 1. The number of hydrogen-bond donors (Lipinski definition) is 0. The number of carbonyl (C=O) groups is 1. The molecule has 3 heteroatoms. The van der Waals surface area contributed by atoms with Gasteiger partial charge in [0.2, 0.25) is 0 Å². The van der Waals surface area contributed by atoms with Crippen LogP contribution in [0.4, 0.5) is 0 Å². The van der Waals surface area contributed by atoms with Crippen LogP contribution in [0.1, 0.15) is 25.0 Å². The summed E-state index contributed by atoms with van der Waals surface area (Å²) in [4.78, 5) is 11.7. The highest BCUT2D eigenvalue weighted by Crippen LogP contribution is 2.26. The first kappa shape index (κ1) is 12.2. The van der Waals surface area contributed by atoms with E-state index in [9.17, 15) is 4.79 Å². The summed E-state index contributed by atoms with van der Waals surface area (Å²) in [6.07, 6.45) is 0. The van der Waals surface area contributed by atoms with E-state index in [0.717, 1.165) is 11.1 Å². The van der Waals surface area contributed by atoms with Crippen molar-refractivity contribution in [2.24, 2.45) is 0 Å². The highest BCUT2D eigenvalue weighted by Gasteiger charge is 2.26. The average Bonchev–Trinajstić information content (AvgIpc) is 2.09. The van der Waals surface area contributed by atoms with Gasteiger partial charge >= 0.3 is 5.97 Å². The molecule has 1 rings (SSSR count). The molecule has 0 aliphatic rings. The molecule has 0 aromatic heterocycles. The number of alkyl halides is 1. The minimum atomic E-state index is -0.651. The maximum absolute atomic E-state index is 11.7. The van der Waals surface area contributed by atoms with Crippen molar-refractivity contribution in [2.75, 3.05) is 0 Å². The van der Waals surface area contributed by atoms with Crippen molar-refractivity contribution < 1.29 is 9.53 Å². The summed E-state index contributed by atoms with van der Waals surface area (Å²) < 4.78 is 4.70. The zero-order valence-corrected chi connectivity index (χ0v) is 11.0. The van der Waals surface area contributed by atoms with Gasteiger partial charge in [-0.3, -0.25) is 4.79 Å². The lowest BCUT2D eigenvalue weighted by molar-refractivity contribution is -0.136. The van der Waals surface area contributed by atoms with Gasteiger partial charge in [-0.15, -0.1) is 0 Å². The average molecular weight is 271 g/mol. The molecule has 0 atom stereocenters. The molecule has 0 saturated heterocycles. The Labute approximate surface area is 98.8 Å². The Balaban J connectivity index is 2.95. The van der Waals surface area contributed by atoms with Gasteiger partial charge in [0.15, 0.2) is 0 Å². The van der Waals surface area contributed by atoms with Crippen LogP contribution in [0.15, 0.2) is 18.2 Å². The van der Waals surface area contributed by atoms with Gasteiger partial charge in [0.25, 0.3) is 0 Å². The number of rotatable bonds is 2. The topological polar surface area (TPSA) is 26.3 Å². The van der Waals surface area contributed by atoms with Crippen LogP contribution in [0.25, 0.3) is 0 Å². The van der Waals surface area contributed by atoms with Crippen molar-refractivity contribution >= 4 is 21.9 Å². The van der Waals surface area contributed by atoms with Gasteiger partial charge in [0.05, 0.1) is 0 Å². The Kier molecular flexibility index (Phi) is 3.55. The molecule has 1 aromatic rings. The summed E-state index contributed by atoms with van der Waals surface area (Å²) in [6, 6.07) is 5.80. The van der Waals surface area contributed by atoms with Gasteiger partial charge in [0, 0.05) is 0 Å². The van der Waals surface area contributed by atoms with E-state index in [4.69, 9.17) is 4.74 Å². The number of esters is 1. The van der Waals surface area contributed by atoms with E-state index in [-0.39, 0.29) is 5.97 Å². The van der Waals surface area contributed by atoms with Gasteiger partial charge < -0.3 is 4.74 Å². The molecule has 0 bridgehead atoms. The standard InChI is InChI=1S/C12H15BrO2/c1-8-6-5-7-9(2)10(8)15-11(14)12(3,4)13/h5-7H,1-4H3. The SMILES string of the molecule is Cc1cccc(C)c1OC(=O)C(C)(C)Br. The van der Waals surface area contributed by atoms with Gasteiger partial charge in [0.1, 0.15) is 10.1 Å². The predicted molar refractivity (Wildman–Crippen MR) is 64.6 cm³/mol. The summed E-state index contributed by atoms with van der Waals surface area (Å²) in [5.41, 5.74) is 1.94. The number of hydrogen-bond acceptors (Lipinski definition) is 2. The van der Waals surface area contributed by atoms with E-state index in [1.165, 1.54) is 0 Å². The molecule has 0 unspecified atom stereocenters. The number of para-hydroxylation sites is 1.